The van der Waals surface area contributed by atoms with Crippen LogP contribution in [-0.2, 0) is 21.1 Å². The van der Waals surface area contributed by atoms with Crippen molar-refractivity contribution in [3.63, 3.8) is 0 Å². The summed E-state index contributed by atoms with van der Waals surface area (Å²) in [6, 6.07) is 1.98. The van der Waals surface area contributed by atoms with Crippen LogP contribution in [0, 0.1) is 11.8 Å². The highest BCUT2D eigenvalue weighted by molar-refractivity contribution is 7.91. The Morgan fingerprint density at radius 1 is 1.56 bits per heavy atom. The van der Waals surface area contributed by atoms with Crippen molar-refractivity contribution in [2.24, 2.45) is 11.8 Å². The van der Waals surface area contributed by atoms with Crippen LogP contribution in [0.2, 0.25) is 0 Å². The Morgan fingerprint density at radius 3 is 2.83 bits per heavy atom. The molecule has 6 heteroatoms. The van der Waals surface area contributed by atoms with E-state index in [-0.39, 0.29) is 17.4 Å². The zero-order valence-electron chi connectivity index (χ0n) is 9.91. The Hall–Kier alpha value is -0.880. The molecule has 0 spiro atoms. The van der Waals surface area contributed by atoms with E-state index in [1.54, 1.807) is 11.3 Å². The molecule has 4 nitrogen and oxygen atoms in total. The third kappa shape index (κ3) is 3.32. The van der Waals surface area contributed by atoms with Gasteiger partial charge in [0.05, 0.1) is 17.4 Å². The van der Waals surface area contributed by atoms with Gasteiger partial charge in [-0.3, -0.25) is 4.79 Å². The predicted molar refractivity (Wildman–Crippen MR) is 70.5 cm³/mol. The lowest BCUT2D eigenvalue weighted by Gasteiger charge is -2.17. The summed E-state index contributed by atoms with van der Waals surface area (Å²) in [5.41, 5.74) is 1.13. The van der Waals surface area contributed by atoms with Crippen molar-refractivity contribution in [1.29, 1.82) is 0 Å². The van der Waals surface area contributed by atoms with E-state index in [1.165, 1.54) is 0 Å². The van der Waals surface area contributed by atoms with Gasteiger partial charge >= 0.3 is 5.97 Å². The molecule has 2 heterocycles. The molecule has 0 aromatic carbocycles. The molecule has 1 fully saturated rings. The van der Waals surface area contributed by atoms with E-state index in [0.29, 0.717) is 19.3 Å². The molecule has 0 bridgehead atoms. The van der Waals surface area contributed by atoms with Gasteiger partial charge < -0.3 is 5.11 Å². The van der Waals surface area contributed by atoms with Crippen LogP contribution in [0.25, 0.3) is 0 Å². The Morgan fingerprint density at radius 2 is 2.33 bits per heavy atom. The van der Waals surface area contributed by atoms with E-state index < -0.39 is 21.7 Å². The fourth-order valence-corrected chi connectivity index (χ4v) is 5.04. The standard InChI is InChI=1S/C12H16O4S2/c13-12(14)11(2-1-9-3-5-17-7-9)10-4-6-18(15,16)8-10/h3,5,7,10-11H,1-2,4,6,8H2,(H,13,14). The zero-order chi connectivity index (χ0) is 13.2. The summed E-state index contributed by atoms with van der Waals surface area (Å²) in [7, 11) is -3.01. The van der Waals surface area contributed by atoms with Crippen molar-refractivity contribution in [1.82, 2.24) is 0 Å². The van der Waals surface area contributed by atoms with Crippen LogP contribution in [0.1, 0.15) is 18.4 Å². The lowest BCUT2D eigenvalue weighted by molar-refractivity contribution is -0.143. The van der Waals surface area contributed by atoms with Crippen molar-refractivity contribution in [2.45, 2.75) is 19.3 Å². The Bertz CT molecular complexity index is 504. The van der Waals surface area contributed by atoms with Crippen LogP contribution in [0.15, 0.2) is 16.8 Å². The number of carboxylic acid groups (broad SMARTS) is 1. The first-order chi connectivity index (χ1) is 8.48. The molecule has 2 unspecified atom stereocenters. The highest BCUT2D eigenvalue weighted by Crippen LogP contribution is 2.29. The monoisotopic (exact) mass is 288 g/mol. The molecule has 1 aliphatic heterocycles. The molecule has 0 radical (unpaired) electrons. The van der Waals surface area contributed by atoms with E-state index >= 15 is 0 Å². The van der Waals surface area contributed by atoms with Gasteiger partial charge in [0.25, 0.3) is 0 Å². The molecule has 1 saturated heterocycles. The fourth-order valence-electron chi connectivity index (χ4n) is 2.46. The summed E-state index contributed by atoms with van der Waals surface area (Å²) >= 11 is 1.59. The zero-order valence-corrected chi connectivity index (χ0v) is 11.5. The Labute approximate surface area is 111 Å². The van der Waals surface area contributed by atoms with Crippen LogP contribution in [-0.4, -0.2) is 31.0 Å². The second-order valence-corrected chi connectivity index (χ2v) is 7.79. The topological polar surface area (TPSA) is 71.4 Å². The molecule has 1 aromatic rings. The number of thiophene rings is 1. The summed E-state index contributed by atoms with van der Waals surface area (Å²) < 4.78 is 22.8. The van der Waals surface area contributed by atoms with Gasteiger partial charge in [-0.25, -0.2) is 8.42 Å². The highest BCUT2D eigenvalue weighted by atomic mass is 32.2. The van der Waals surface area contributed by atoms with Crippen molar-refractivity contribution in [3.05, 3.63) is 22.4 Å². The van der Waals surface area contributed by atoms with Gasteiger partial charge in [-0.15, -0.1) is 0 Å². The normalized spacial score (nSPS) is 23.9. The molecule has 0 aliphatic carbocycles. The maximum Gasteiger partial charge on any atom is 0.306 e. The van der Waals surface area contributed by atoms with E-state index in [4.69, 9.17) is 0 Å². The second kappa shape index (κ2) is 5.40. The maximum atomic E-state index is 11.4. The van der Waals surface area contributed by atoms with Gasteiger partial charge in [0.2, 0.25) is 0 Å². The lowest BCUT2D eigenvalue weighted by Crippen LogP contribution is -2.25. The molecule has 0 saturated carbocycles. The van der Waals surface area contributed by atoms with Gasteiger partial charge in [-0.1, -0.05) is 0 Å². The summed E-state index contributed by atoms with van der Waals surface area (Å²) in [6.07, 6.45) is 1.71. The first-order valence-corrected chi connectivity index (χ1v) is 8.68. The minimum atomic E-state index is -3.01. The summed E-state index contributed by atoms with van der Waals surface area (Å²) in [4.78, 5) is 11.3. The SMILES string of the molecule is O=C(O)C(CCc1ccsc1)C1CCS(=O)(=O)C1. The van der Waals surface area contributed by atoms with Crippen LogP contribution < -0.4 is 0 Å². The van der Waals surface area contributed by atoms with E-state index in [1.807, 2.05) is 16.8 Å². The van der Waals surface area contributed by atoms with Crippen LogP contribution in [0.5, 0.6) is 0 Å². The van der Waals surface area contributed by atoms with Gasteiger partial charge in [-0.05, 0) is 47.6 Å². The smallest absolute Gasteiger partial charge is 0.306 e. The van der Waals surface area contributed by atoms with E-state index in [0.717, 1.165) is 5.56 Å². The van der Waals surface area contributed by atoms with Gasteiger partial charge in [0.15, 0.2) is 9.84 Å². The minimum Gasteiger partial charge on any atom is -0.481 e. The molecule has 100 valence electrons. The molecule has 1 aromatic heterocycles. The van der Waals surface area contributed by atoms with Crippen LogP contribution in [0.3, 0.4) is 0 Å². The quantitative estimate of drug-likeness (QED) is 0.897. The molecule has 1 N–H and O–H groups in total. The van der Waals surface area contributed by atoms with Crippen molar-refractivity contribution in [2.75, 3.05) is 11.5 Å². The maximum absolute atomic E-state index is 11.4. The molecule has 2 atom stereocenters. The number of carbonyl (C=O) groups is 1. The number of rotatable bonds is 5. The molecular weight excluding hydrogens is 272 g/mol. The fraction of sp³-hybridized carbons (Fsp3) is 0.583. The van der Waals surface area contributed by atoms with Crippen molar-refractivity contribution < 1.29 is 18.3 Å². The van der Waals surface area contributed by atoms with Crippen molar-refractivity contribution >= 4 is 27.1 Å². The van der Waals surface area contributed by atoms with E-state index in [2.05, 4.69) is 0 Å². The summed E-state index contributed by atoms with van der Waals surface area (Å²) in [6.45, 7) is 0. The Balaban J connectivity index is 1.99. The van der Waals surface area contributed by atoms with E-state index in [9.17, 15) is 18.3 Å². The molecule has 2 rings (SSSR count). The lowest BCUT2D eigenvalue weighted by atomic mass is 9.87. The third-order valence-corrected chi connectivity index (χ3v) is 6.00. The molecule has 0 amide bonds. The minimum absolute atomic E-state index is 0.0353. The second-order valence-electron chi connectivity index (χ2n) is 4.78. The van der Waals surface area contributed by atoms with Crippen molar-refractivity contribution in [3.8, 4) is 0 Å². The molecule has 1 aliphatic rings. The van der Waals surface area contributed by atoms with Crippen LogP contribution in [0.4, 0.5) is 0 Å². The number of hydrogen-bond acceptors (Lipinski definition) is 4. The predicted octanol–water partition coefficient (Wildman–Crippen LogP) is 1.82. The first kappa shape index (κ1) is 13.5. The number of sulfone groups is 1. The number of aliphatic carboxylic acids is 1. The van der Waals surface area contributed by atoms with Gasteiger partial charge in [-0.2, -0.15) is 11.3 Å². The number of carboxylic acids is 1. The average Bonchev–Trinajstić information content (AvgIpc) is 2.88. The number of aryl methyl sites for hydroxylation is 1. The molecular formula is C12H16O4S2. The van der Waals surface area contributed by atoms with Crippen LogP contribution >= 0.6 is 11.3 Å². The largest absolute Gasteiger partial charge is 0.481 e. The summed E-state index contributed by atoms with van der Waals surface area (Å²) in [5.74, 6) is -1.45. The average molecular weight is 288 g/mol. The Kier molecular flexibility index (Phi) is 4.07. The first-order valence-electron chi connectivity index (χ1n) is 5.92. The molecule has 18 heavy (non-hydrogen) atoms. The third-order valence-electron chi connectivity index (χ3n) is 3.48. The summed E-state index contributed by atoms with van der Waals surface area (Å²) in [5, 5.41) is 13.2. The highest BCUT2D eigenvalue weighted by Gasteiger charge is 2.36. The van der Waals surface area contributed by atoms with Gasteiger partial charge in [0, 0.05) is 0 Å². The van der Waals surface area contributed by atoms with Gasteiger partial charge in [0.1, 0.15) is 0 Å². The number of hydrogen-bond donors (Lipinski definition) is 1.